The van der Waals surface area contributed by atoms with Crippen LogP contribution < -0.4 is 0 Å². The molecule has 0 aliphatic heterocycles. The fraction of sp³-hybridized carbons (Fsp3) is 0.600. The zero-order chi connectivity index (χ0) is 5.70. The van der Waals surface area contributed by atoms with Crippen LogP contribution in [0.2, 0.25) is 0 Å². The van der Waals surface area contributed by atoms with E-state index in [0.717, 1.165) is 11.5 Å². The summed E-state index contributed by atoms with van der Waals surface area (Å²) in [4.78, 5) is 0. The Bertz CT molecular complexity index is 66.5. The molecule has 0 unspecified atom stereocenters. The van der Waals surface area contributed by atoms with Crippen molar-refractivity contribution in [2.24, 2.45) is 0 Å². The van der Waals surface area contributed by atoms with Gasteiger partial charge in [-0.1, -0.05) is 17.7 Å². The highest BCUT2D eigenvalue weighted by Crippen LogP contribution is 2.06. The lowest BCUT2D eigenvalue weighted by atomic mass is 10.4. The van der Waals surface area contributed by atoms with Gasteiger partial charge >= 0.3 is 0 Å². The maximum Gasteiger partial charge on any atom is 0.0272 e. The van der Waals surface area contributed by atoms with Crippen molar-refractivity contribution in [3.05, 3.63) is 11.1 Å². The molecule has 0 aromatic carbocycles. The molecule has 0 spiro atoms. The van der Waals surface area contributed by atoms with E-state index >= 15 is 0 Å². The number of halogens is 2. The van der Waals surface area contributed by atoms with E-state index in [1.165, 1.54) is 0 Å². The van der Waals surface area contributed by atoms with E-state index in [4.69, 9.17) is 23.2 Å². The molecule has 0 bridgehead atoms. The number of hydrogen-bond acceptors (Lipinski definition) is 0. The van der Waals surface area contributed by atoms with Gasteiger partial charge in [-0.3, -0.25) is 0 Å². The van der Waals surface area contributed by atoms with Crippen LogP contribution in [0, 0.1) is 0 Å². The second-order valence-corrected chi connectivity index (χ2v) is 2.04. The minimum Gasteiger partial charge on any atom is -0.126 e. The van der Waals surface area contributed by atoms with E-state index in [0.29, 0.717) is 5.88 Å². The van der Waals surface area contributed by atoms with E-state index in [-0.39, 0.29) is 0 Å². The highest BCUT2D eigenvalue weighted by molar-refractivity contribution is 6.30. The smallest absolute Gasteiger partial charge is 0.0272 e. The standard InChI is InChI=1S/C5H8Cl2/c1-2-5(7)3-4-6/h2H,3-4H2,1H3/b5-2-. The Morgan fingerprint density at radius 1 is 1.71 bits per heavy atom. The molecule has 0 heterocycles. The summed E-state index contributed by atoms with van der Waals surface area (Å²) in [5, 5.41) is 0.843. The molecular weight excluding hydrogens is 131 g/mol. The first-order chi connectivity index (χ1) is 3.31. The predicted molar refractivity (Wildman–Crippen MR) is 34.9 cm³/mol. The lowest BCUT2D eigenvalue weighted by molar-refractivity contribution is 1.20. The fourth-order valence-electron chi connectivity index (χ4n) is 0.235. The Labute approximate surface area is 54.1 Å². The Morgan fingerprint density at radius 2 is 2.29 bits per heavy atom. The van der Waals surface area contributed by atoms with Crippen LogP contribution in [0.1, 0.15) is 13.3 Å². The number of allylic oxidation sites excluding steroid dienone is 2. The summed E-state index contributed by atoms with van der Waals surface area (Å²) >= 11 is 10.9. The monoisotopic (exact) mass is 138 g/mol. The van der Waals surface area contributed by atoms with E-state index in [2.05, 4.69) is 0 Å². The van der Waals surface area contributed by atoms with Crippen molar-refractivity contribution in [3.8, 4) is 0 Å². The summed E-state index contributed by atoms with van der Waals surface area (Å²) < 4.78 is 0. The molecule has 42 valence electrons. The largest absolute Gasteiger partial charge is 0.126 e. The number of rotatable bonds is 2. The van der Waals surface area contributed by atoms with Gasteiger partial charge in [-0.25, -0.2) is 0 Å². The summed E-state index contributed by atoms with van der Waals surface area (Å²) in [6.07, 6.45) is 2.64. The fourth-order valence-corrected chi connectivity index (χ4v) is 0.629. The first-order valence-electron chi connectivity index (χ1n) is 2.18. The minimum absolute atomic E-state index is 0.614. The molecule has 0 saturated heterocycles. The molecule has 0 radical (unpaired) electrons. The Morgan fingerprint density at radius 3 is 2.43 bits per heavy atom. The molecule has 7 heavy (non-hydrogen) atoms. The molecule has 0 amide bonds. The van der Waals surface area contributed by atoms with E-state index in [1.807, 2.05) is 13.0 Å². The third-order valence-corrected chi connectivity index (χ3v) is 1.24. The average molecular weight is 139 g/mol. The first kappa shape index (κ1) is 7.32. The van der Waals surface area contributed by atoms with Gasteiger partial charge in [0, 0.05) is 10.9 Å². The van der Waals surface area contributed by atoms with Crippen LogP contribution in [-0.4, -0.2) is 5.88 Å². The summed E-state index contributed by atoms with van der Waals surface area (Å²) in [5.41, 5.74) is 0. The first-order valence-corrected chi connectivity index (χ1v) is 3.09. The summed E-state index contributed by atoms with van der Waals surface area (Å²) in [5.74, 6) is 0.614. The molecular formula is C5H8Cl2. The Balaban J connectivity index is 3.17. The summed E-state index contributed by atoms with van der Waals surface area (Å²) in [7, 11) is 0. The van der Waals surface area contributed by atoms with Gasteiger partial charge in [0.15, 0.2) is 0 Å². The van der Waals surface area contributed by atoms with Crippen LogP contribution in [0.4, 0.5) is 0 Å². The topological polar surface area (TPSA) is 0 Å². The third kappa shape index (κ3) is 4.17. The summed E-state index contributed by atoms with van der Waals surface area (Å²) in [6, 6.07) is 0. The zero-order valence-electron chi connectivity index (χ0n) is 4.25. The maximum atomic E-state index is 5.54. The van der Waals surface area contributed by atoms with E-state index in [9.17, 15) is 0 Å². The molecule has 0 nitrogen and oxygen atoms in total. The van der Waals surface area contributed by atoms with Crippen molar-refractivity contribution >= 4 is 23.2 Å². The molecule has 0 aromatic rings. The maximum absolute atomic E-state index is 5.54. The van der Waals surface area contributed by atoms with Gasteiger partial charge in [0.1, 0.15) is 0 Å². The van der Waals surface area contributed by atoms with Crippen LogP contribution >= 0.6 is 23.2 Å². The molecule has 0 rings (SSSR count). The van der Waals surface area contributed by atoms with Gasteiger partial charge in [-0.2, -0.15) is 0 Å². The number of alkyl halides is 1. The Hall–Kier alpha value is 0.320. The molecule has 0 aliphatic rings. The average Bonchev–Trinajstić information content (AvgIpc) is 1.68. The number of hydrogen-bond donors (Lipinski definition) is 0. The van der Waals surface area contributed by atoms with Crippen LogP contribution in [0.25, 0.3) is 0 Å². The van der Waals surface area contributed by atoms with Crippen LogP contribution in [0.3, 0.4) is 0 Å². The van der Waals surface area contributed by atoms with Crippen molar-refractivity contribution < 1.29 is 0 Å². The molecule has 0 saturated carbocycles. The normalized spacial score (nSPS) is 12.1. The van der Waals surface area contributed by atoms with Crippen molar-refractivity contribution in [2.75, 3.05) is 5.88 Å². The molecule has 0 fully saturated rings. The molecule has 0 aliphatic carbocycles. The quantitative estimate of drug-likeness (QED) is 0.516. The highest BCUT2D eigenvalue weighted by atomic mass is 35.5. The Kier molecular flexibility index (Phi) is 4.68. The lowest BCUT2D eigenvalue weighted by Crippen LogP contribution is -1.71. The summed E-state index contributed by atoms with van der Waals surface area (Å²) in [6.45, 7) is 1.90. The van der Waals surface area contributed by atoms with Gasteiger partial charge in [0.2, 0.25) is 0 Å². The highest BCUT2D eigenvalue weighted by Gasteiger charge is 1.84. The van der Waals surface area contributed by atoms with Crippen molar-refractivity contribution in [1.82, 2.24) is 0 Å². The third-order valence-electron chi connectivity index (χ3n) is 0.647. The van der Waals surface area contributed by atoms with Gasteiger partial charge in [-0.05, 0) is 13.3 Å². The van der Waals surface area contributed by atoms with Crippen LogP contribution in [0.15, 0.2) is 11.1 Å². The van der Waals surface area contributed by atoms with Crippen molar-refractivity contribution in [3.63, 3.8) is 0 Å². The molecule has 0 N–H and O–H groups in total. The van der Waals surface area contributed by atoms with Crippen molar-refractivity contribution in [1.29, 1.82) is 0 Å². The lowest BCUT2D eigenvalue weighted by Gasteiger charge is -1.86. The second kappa shape index (κ2) is 4.48. The van der Waals surface area contributed by atoms with Gasteiger partial charge < -0.3 is 0 Å². The molecule has 0 atom stereocenters. The van der Waals surface area contributed by atoms with E-state index < -0.39 is 0 Å². The van der Waals surface area contributed by atoms with Crippen molar-refractivity contribution in [2.45, 2.75) is 13.3 Å². The van der Waals surface area contributed by atoms with Gasteiger partial charge in [0.25, 0.3) is 0 Å². The van der Waals surface area contributed by atoms with Gasteiger partial charge in [0.05, 0.1) is 0 Å². The predicted octanol–water partition coefficient (Wildman–Crippen LogP) is 2.76. The van der Waals surface area contributed by atoms with E-state index in [1.54, 1.807) is 0 Å². The SMILES string of the molecule is C/C=C(\Cl)CCCl. The zero-order valence-corrected chi connectivity index (χ0v) is 5.76. The molecule has 0 aromatic heterocycles. The minimum atomic E-state index is 0.614. The van der Waals surface area contributed by atoms with Gasteiger partial charge in [-0.15, -0.1) is 11.6 Å². The second-order valence-electron chi connectivity index (χ2n) is 1.17. The van der Waals surface area contributed by atoms with Crippen LogP contribution in [-0.2, 0) is 0 Å². The molecule has 2 heteroatoms. The van der Waals surface area contributed by atoms with Crippen LogP contribution in [0.5, 0.6) is 0 Å².